The number of hydrogen-bond acceptors (Lipinski definition) is 4. The van der Waals surface area contributed by atoms with Crippen LogP contribution in [0.1, 0.15) is 25.4 Å². The fourth-order valence-corrected chi connectivity index (χ4v) is 1.98. The van der Waals surface area contributed by atoms with E-state index in [1.54, 1.807) is 0 Å². The predicted molar refractivity (Wildman–Crippen MR) is 80.0 cm³/mol. The van der Waals surface area contributed by atoms with Crippen LogP contribution < -0.4 is 5.73 Å². The molecular formula is C12H21IN4. The van der Waals surface area contributed by atoms with Crippen LogP contribution in [-0.2, 0) is 12.8 Å². The number of nitrogen functional groups attached to an aromatic ring is 1. The van der Waals surface area contributed by atoms with Gasteiger partial charge in [0.2, 0.25) is 0 Å². The largest absolute Gasteiger partial charge is 0.383 e. The molecule has 0 bridgehead atoms. The summed E-state index contributed by atoms with van der Waals surface area (Å²) in [5.41, 5.74) is 7.02. The second-order valence-electron chi connectivity index (χ2n) is 4.94. The lowest BCUT2D eigenvalue weighted by atomic mass is 10.1. The number of halogens is 1. The Morgan fingerprint density at radius 1 is 1.29 bits per heavy atom. The Labute approximate surface area is 117 Å². The summed E-state index contributed by atoms with van der Waals surface area (Å²) >= 11 is 2.24. The molecule has 2 N–H and O–H groups in total. The summed E-state index contributed by atoms with van der Waals surface area (Å²) in [6.45, 7) is 5.32. The maximum absolute atomic E-state index is 5.93. The predicted octanol–water partition coefficient (Wildman–Crippen LogP) is 1.97. The van der Waals surface area contributed by atoms with Gasteiger partial charge in [0.1, 0.15) is 11.6 Å². The zero-order valence-corrected chi connectivity index (χ0v) is 13.2. The highest BCUT2D eigenvalue weighted by Crippen LogP contribution is 2.19. The molecule has 96 valence electrons. The van der Waals surface area contributed by atoms with Gasteiger partial charge in [-0.05, 0) is 49.0 Å². The Bertz CT molecular complexity index is 377. The van der Waals surface area contributed by atoms with Crippen molar-refractivity contribution >= 4 is 28.4 Å². The summed E-state index contributed by atoms with van der Waals surface area (Å²) in [6.07, 6.45) is 1.80. The Morgan fingerprint density at radius 2 is 1.94 bits per heavy atom. The van der Waals surface area contributed by atoms with Crippen LogP contribution in [0.25, 0.3) is 0 Å². The summed E-state index contributed by atoms with van der Waals surface area (Å²) in [7, 11) is 4.09. The van der Waals surface area contributed by atoms with Crippen molar-refractivity contribution in [2.75, 3.05) is 26.4 Å². The van der Waals surface area contributed by atoms with Gasteiger partial charge in [-0.25, -0.2) is 9.97 Å². The molecule has 0 unspecified atom stereocenters. The van der Waals surface area contributed by atoms with Gasteiger partial charge in [0.25, 0.3) is 0 Å². The zero-order valence-electron chi connectivity index (χ0n) is 11.0. The number of rotatable bonds is 5. The van der Waals surface area contributed by atoms with Crippen molar-refractivity contribution in [1.82, 2.24) is 14.9 Å². The average Bonchev–Trinajstić information content (AvgIpc) is 2.21. The van der Waals surface area contributed by atoms with E-state index in [2.05, 4.69) is 51.3 Å². The SMILES string of the molecule is CC(C)Cc1nc(CCN(C)C)nc(N)c1I. The van der Waals surface area contributed by atoms with Gasteiger partial charge in [0.15, 0.2) is 0 Å². The number of nitrogens with two attached hydrogens (primary N) is 1. The molecule has 5 heteroatoms. The van der Waals surface area contributed by atoms with E-state index in [4.69, 9.17) is 5.73 Å². The smallest absolute Gasteiger partial charge is 0.140 e. The second kappa shape index (κ2) is 6.49. The second-order valence-corrected chi connectivity index (χ2v) is 6.02. The van der Waals surface area contributed by atoms with Gasteiger partial charge in [-0.3, -0.25) is 0 Å². The molecule has 0 amide bonds. The first-order valence-electron chi connectivity index (χ1n) is 5.85. The summed E-state index contributed by atoms with van der Waals surface area (Å²) in [6, 6.07) is 0. The van der Waals surface area contributed by atoms with Crippen molar-refractivity contribution in [1.29, 1.82) is 0 Å². The van der Waals surface area contributed by atoms with Crippen LogP contribution in [0.5, 0.6) is 0 Å². The average molecular weight is 348 g/mol. The van der Waals surface area contributed by atoms with E-state index in [9.17, 15) is 0 Å². The maximum atomic E-state index is 5.93. The molecule has 1 heterocycles. The third-order valence-electron chi connectivity index (χ3n) is 2.38. The number of hydrogen-bond donors (Lipinski definition) is 1. The van der Waals surface area contributed by atoms with Crippen LogP contribution in [0.3, 0.4) is 0 Å². The third-order valence-corrected chi connectivity index (χ3v) is 3.55. The van der Waals surface area contributed by atoms with Gasteiger partial charge in [-0.15, -0.1) is 0 Å². The number of likely N-dealkylation sites (N-methyl/N-ethyl adjacent to an activating group) is 1. The van der Waals surface area contributed by atoms with Crippen molar-refractivity contribution in [2.45, 2.75) is 26.7 Å². The van der Waals surface area contributed by atoms with Crippen LogP contribution in [0.15, 0.2) is 0 Å². The molecule has 0 aromatic carbocycles. The summed E-state index contributed by atoms with van der Waals surface area (Å²) in [5.74, 6) is 2.05. The molecule has 0 fully saturated rings. The van der Waals surface area contributed by atoms with Crippen molar-refractivity contribution < 1.29 is 0 Å². The van der Waals surface area contributed by atoms with Crippen molar-refractivity contribution in [3.05, 3.63) is 15.1 Å². The Hall–Kier alpha value is -0.430. The molecule has 0 radical (unpaired) electrons. The molecule has 0 aliphatic heterocycles. The van der Waals surface area contributed by atoms with E-state index in [1.807, 2.05) is 14.1 Å². The van der Waals surface area contributed by atoms with E-state index < -0.39 is 0 Å². The summed E-state index contributed by atoms with van der Waals surface area (Å²) < 4.78 is 1.00. The normalized spacial score (nSPS) is 11.5. The molecule has 1 aromatic rings. The Kier molecular flexibility index (Phi) is 5.58. The van der Waals surface area contributed by atoms with Crippen LogP contribution in [0.4, 0.5) is 5.82 Å². The monoisotopic (exact) mass is 348 g/mol. The summed E-state index contributed by atoms with van der Waals surface area (Å²) in [4.78, 5) is 11.1. The Balaban J connectivity index is 2.89. The highest BCUT2D eigenvalue weighted by atomic mass is 127. The molecule has 0 atom stereocenters. The van der Waals surface area contributed by atoms with Crippen LogP contribution >= 0.6 is 22.6 Å². The van der Waals surface area contributed by atoms with E-state index in [1.165, 1.54) is 0 Å². The lowest BCUT2D eigenvalue weighted by Gasteiger charge is -2.12. The molecular weight excluding hydrogens is 327 g/mol. The first-order valence-corrected chi connectivity index (χ1v) is 6.93. The lowest BCUT2D eigenvalue weighted by molar-refractivity contribution is 0.409. The number of anilines is 1. The highest BCUT2D eigenvalue weighted by Gasteiger charge is 2.11. The van der Waals surface area contributed by atoms with E-state index in [0.29, 0.717) is 11.7 Å². The molecule has 0 spiro atoms. The van der Waals surface area contributed by atoms with Gasteiger partial charge >= 0.3 is 0 Å². The van der Waals surface area contributed by atoms with Crippen LogP contribution in [0, 0.1) is 9.49 Å². The minimum atomic E-state index is 0.583. The highest BCUT2D eigenvalue weighted by molar-refractivity contribution is 14.1. The number of nitrogens with zero attached hydrogens (tertiary/aromatic N) is 3. The van der Waals surface area contributed by atoms with E-state index in [-0.39, 0.29) is 0 Å². The fraction of sp³-hybridized carbons (Fsp3) is 0.667. The van der Waals surface area contributed by atoms with Gasteiger partial charge in [-0.1, -0.05) is 13.8 Å². The van der Waals surface area contributed by atoms with Gasteiger partial charge in [0, 0.05) is 13.0 Å². The molecule has 0 saturated carbocycles. The first-order chi connectivity index (χ1) is 7.90. The quantitative estimate of drug-likeness (QED) is 0.827. The van der Waals surface area contributed by atoms with E-state index >= 15 is 0 Å². The molecule has 1 aromatic heterocycles. The molecule has 0 aliphatic carbocycles. The van der Waals surface area contributed by atoms with Crippen molar-refractivity contribution in [3.63, 3.8) is 0 Å². The molecule has 1 rings (SSSR count). The lowest BCUT2D eigenvalue weighted by Crippen LogP contribution is -2.18. The van der Waals surface area contributed by atoms with Gasteiger partial charge in [-0.2, -0.15) is 0 Å². The van der Waals surface area contributed by atoms with Crippen molar-refractivity contribution in [2.24, 2.45) is 5.92 Å². The topological polar surface area (TPSA) is 55.0 Å². The molecule has 0 aliphatic rings. The van der Waals surface area contributed by atoms with Gasteiger partial charge in [0.05, 0.1) is 9.26 Å². The zero-order chi connectivity index (χ0) is 13.0. The standard InChI is InChI=1S/C12H21IN4/c1-8(2)7-9-11(13)12(14)16-10(15-9)5-6-17(3)4/h8H,5-7H2,1-4H3,(H2,14,15,16). The van der Waals surface area contributed by atoms with Gasteiger partial charge < -0.3 is 10.6 Å². The first kappa shape index (κ1) is 14.6. The van der Waals surface area contributed by atoms with Crippen LogP contribution in [0.2, 0.25) is 0 Å². The molecule has 17 heavy (non-hydrogen) atoms. The summed E-state index contributed by atoms with van der Waals surface area (Å²) in [5, 5.41) is 0. The molecule has 4 nitrogen and oxygen atoms in total. The van der Waals surface area contributed by atoms with Crippen LogP contribution in [-0.4, -0.2) is 35.5 Å². The maximum Gasteiger partial charge on any atom is 0.140 e. The minimum absolute atomic E-state index is 0.583. The van der Waals surface area contributed by atoms with E-state index in [0.717, 1.165) is 34.5 Å². The number of aromatic nitrogens is 2. The molecule has 0 saturated heterocycles. The third kappa shape index (κ3) is 4.75. The minimum Gasteiger partial charge on any atom is -0.383 e. The fourth-order valence-electron chi connectivity index (χ4n) is 1.52. The Morgan fingerprint density at radius 3 is 2.47 bits per heavy atom. The van der Waals surface area contributed by atoms with Crippen molar-refractivity contribution in [3.8, 4) is 0 Å².